The van der Waals surface area contributed by atoms with Crippen molar-refractivity contribution < 1.29 is 9.26 Å². The highest BCUT2D eigenvalue weighted by atomic mass is 79.9. The van der Waals surface area contributed by atoms with Crippen molar-refractivity contribution in [1.29, 1.82) is 0 Å². The molecule has 2 N–H and O–H groups in total. The number of nitrogens with two attached hydrogens (primary N) is 1. The predicted octanol–water partition coefficient (Wildman–Crippen LogP) is 2.55. The van der Waals surface area contributed by atoms with Crippen LogP contribution in [0.15, 0.2) is 39.6 Å². The molecule has 0 atom stereocenters. The summed E-state index contributed by atoms with van der Waals surface area (Å²) in [5, 5.41) is 3.91. The van der Waals surface area contributed by atoms with E-state index < -0.39 is 0 Å². The molecule has 8 heteroatoms. The second-order valence-electron chi connectivity index (χ2n) is 4.10. The molecule has 0 saturated carbocycles. The zero-order valence-corrected chi connectivity index (χ0v) is 12.5. The second kappa shape index (κ2) is 5.49. The van der Waals surface area contributed by atoms with Gasteiger partial charge in [0.05, 0.1) is 12.7 Å². The van der Waals surface area contributed by atoms with Crippen LogP contribution in [0.4, 0.5) is 5.69 Å². The number of aromatic nitrogens is 4. The number of methoxy groups -OCH3 is 1. The summed E-state index contributed by atoms with van der Waals surface area (Å²) >= 11 is 3.38. The Kier molecular flexibility index (Phi) is 3.53. The van der Waals surface area contributed by atoms with Crippen LogP contribution in [0, 0.1) is 0 Å². The van der Waals surface area contributed by atoms with E-state index >= 15 is 0 Å². The number of benzene rings is 1. The molecule has 0 unspecified atom stereocenters. The lowest BCUT2D eigenvalue weighted by Crippen LogP contribution is -1.92. The molecule has 2 heterocycles. The number of hydrogen-bond acceptors (Lipinski definition) is 7. The SMILES string of the molecule is COc1cc(-c2noc(-c3cc(Br)ccc3N)n2)ncn1. The third kappa shape index (κ3) is 2.70. The number of halogens is 1. The van der Waals surface area contributed by atoms with Crippen LogP contribution < -0.4 is 10.5 Å². The highest BCUT2D eigenvalue weighted by Crippen LogP contribution is 2.29. The number of ether oxygens (including phenoxy) is 1. The minimum atomic E-state index is 0.321. The van der Waals surface area contributed by atoms with Gasteiger partial charge in [0.15, 0.2) is 0 Å². The molecule has 3 rings (SSSR count). The van der Waals surface area contributed by atoms with E-state index in [-0.39, 0.29) is 0 Å². The van der Waals surface area contributed by atoms with Gasteiger partial charge in [0, 0.05) is 16.2 Å². The molecule has 0 radical (unpaired) electrons. The van der Waals surface area contributed by atoms with Gasteiger partial charge in [0.1, 0.15) is 12.0 Å². The van der Waals surface area contributed by atoms with Gasteiger partial charge in [-0.25, -0.2) is 9.97 Å². The maximum Gasteiger partial charge on any atom is 0.260 e. The molecular weight excluding hydrogens is 338 g/mol. The normalized spacial score (nSPS) is 10.6. The maximum atomic E-state index is 5.92. The largest absolute Gasteiger partial charge is 0.481 e. The Balaban J connectivity index is 2.01. The molecule has 2 aromatic heterocycles. The second-order valence-corrected chi connectivity index (χ2v) is 5.02. The number of nitrogen functional groups attached to an aromatic ring is 1. The van der Waals surface area contributed by atoms with E-state index in [0.717, 1.165) is 4.47 Å². The Morgan fingerprint density at radius 1 is 1.24 bits per heavy atom. The first kappa shape index (κ1) is 13.5. The van der Waals surface area contributed by atoms with E-state index in [1.165, 1.54) is 13.4 Å². The third-order valence-corrected chi connectivity index (χ3v) is 3.25. The molecule has 0 bridgehead atoms. The number of anilines is 1. The Morgan fingerprint density at radius 3 is 2.90 bits per heavy atom. The molecule has 1 aromatic carbocycles. The smallest absolute Gasteiger partial charge is 0.260 e. The van der Waals surface area contributed by atoms with Gasteiger partial charge in [-0.1, -0.05) is 21.1 Å². The number of hydrogen-bond donors (Lipinski definition) is 1. The van der Waals surface area contributed by atoms with Crippen molar-refractivity contribution in [2.45, 2.75) is 0 Å². The molecule has 0 aliphatic rings. The molecule has 0 aliphatic heterocycles. The van der Waals surface area contributed by atoms with Crippen molar-refractivity contribution in [3.8, 4) is 28.9 Å². The molecule has 0 amide bonds. The molecule has 106 valence electrons. The average Bonchev–Trinajstić information content (AvgIpc) is 2.99. The summed E-state index contributed by atoms with van der Waals surface area (Å²) in [5.74, 6) is 1.08. The summed E-state index contributed by atoms with van der Waals surface area (Å²) in [6.45, 7) is 0. The monoisotopic (exact) mass is 347 g/mol. The highest BCUT2D eigenvalue weighted by molar-refractivity contribution is 9.10. The predicted molar refractivity (Wildman–Crippen MR) is 79.4 cm³/mol. The fraction of sp³-hybridized carbons (Fsp3) is 0.0769. The van der Waals surface area contributed by atoms with Crippen LogP contribution in [0.3, 0.4) is 0 Å². The van der Waals surface area contributed by atoms with E-state index in [1.807, 2.05) is 12.1 Å². The van der Waals surface area contributed by atoms with Crippen LogP contribution in [0.2, 0.25) is 0 Å². The van der Waals surface area contributed by atoms with Crippen molar-refractivity contribution in [2.75, 3.05) is 12.8 Å². The van der Waals surface area contributed by atoms with Crippen LogP contribution >= 0.6 is 15.9 Å². The summed E-state index contributed by atoms with van der Waals surface area (Å²) < 4.78 is 11.2. The van der Waals surface area contributed by atoms with Crippen molar-refractivity contribution in [2.24, 2.45) is 0 Å². The van der Waals surface area contributed by atoms with E-state index in [2.05, 4.69) is 36.0 Å². The number of rotatable bonds is 3. The molecule has 7 nitrogen and oxygen atoms in total. The van der Waals surface area contributed by atoms with Gasteiger partial charge in [-0.2, -0.15) is 4.98 Å². The van der Waals surface area contributed by atoms with E-state index in [4.69, 9.17) is 15.0 Å². The van der Waals surface area contributed by atoms with Gasteiger partial charge in [-0.3, -0.25) is 0 Å². The average molecular weight is 348 g/mol. The van der Waals surface area contributed by atoms with Crippen molar-refractivity contribution in [3.05, 3.63) is 35.1 Å². The minimum Gasteiger partial charge on any atom is -0.481 e. The summed E-state index contributed by atoms with van der Waals surface area (Å²) in [5.41, 5.74) is 7.63. The van der Waals surface area contributed by atoms with Gasteiger partial charge >= 0.3 is 0 Å². The quantitative estimate of drug-likeness (QED) is 0.726. The van der Waals surface area contributed by atoms with Crippen LogP contribution in [0.25, 0.3) is 23.0 Å². The molecule has 0 aliphatic carbocycles. The molecule has 0 saturated heterocycles. The molecule has 21 heavy (non-hydrogen) atoms. The van der Waals surface area contributed by atoms with Crippen LogP contribution in [-0.4, -0.2) is 27.2 Å². The topological polar surface area (TPSA) is 100.0 Å². The maximum absolute atomic E-state index is 5.92. The van der Waals surface area contributed by atoms with Gasteiger partial charge < -0.3 is 15.0 Å². The van der Waals surface area contributed by atoms with E-state index in [0.29, 0.717) is 34.5 Å². The molecule has 0 fully saturated rings. The zero-order chi connectivity index (χ0) is 14.8. The molecule has 3 aromatic rings. The van der Waals surface area contributed by atoms with Crippen molar-refractivity contribution in [3.63, 3.8) is 0 Å². The first-order valence-corrected chi connectivity index (χ1v) is 6.72. The van der Waals surface area contributed by atoms with Crippen molar-refractivity contribution >= 4 is 21.6 Å². The van der Waals surface area contributed by atoms with Crippen LogP contribution in [-0.2, 0) is 0 Å². The molecular formula is C13H10BrN5O2. The van der Waals surface area contributed by atoms with E-state index in [9.17, 15) is 0 Å². The lowest BCUT2D eigenvalue weighted by atomic mass is 10.2. The lowest BCUT2D eigenvalue weighted by Gasteiger charge is -2.00. The highest BCUT2D eigenvalue weighted by Gasteiger charge is 2.15. The first-order valence-electron chi connectivity index (χ1n) is 5.93. The Bertz CT molecular complexity index is 790. The Hall–Kier alpha value is -2.48. The third-order valence-electron chi connectivity index (χ3n) is 2.75. The van der Waals surface area contributed by atoms with Gasteiger partial charge in [0.25, 0.3) is 5.89 Å². The number of nitrogens with zero attached hydrogens (tertiary/aromatic N) is 4. The Labute approximate surface area is 128 Å². The van der Waals surface area contributed by atoms with Crippen LogP contribution in [0.5, 0.6) is 5.88 Å². The van der Waals surface area contributed by atoms with Crippen LogP contribution in [0.1, 0.15) is 0 Å². The minimum absolute atomic E-state index is 0.321. The Morgan fingerprint density at radius 2 is 2.10 bits per heavy atom. The summed E-state index contributed by atoms with van der Waals surface area (Å²) in [6, 6.07) is 7.04. The van der Waals surface area contributed by atoms with Gasteiger partial charge in [-0.05, 0) is 18.2 Å². The fourth-order valence-electron chi connectivity index (χ4n) is 1.72. The summed E-state index contributed by atoms with van der Waals surface area (Å²) in [6.07, 6.45) is 1.37. The van der Waals surface area contributed by atoms with Crippen molar-refractivity contribution in [1.82, 2.24) is 20.1 Å². The van der Waals surface area contributed by atoms with Gasteiger partial charge in [-0.15, -0.1) is 0 Å². The van der Waals surface area contributed by atoms with E-state index in [1.54, 1.807) is 12.1 Å². The fourth-order valence-corrected chi connectivity index (χ4v) is 2.09. The summed E-state index contributed by atoms with van der Waals surface area (Å²) in [7, 11) is 1.52. The zero-order valence-electron chi connectivity index (χ0n) is 10.9. The first-order chi connectivity index (χ1) is 10.2. The molecule has 0 spiro atoms. The lowest BCUT2D eigenvalue weighted by molar-refractivity contribution is 0.397. The standard InChI is InChI=1S/C13H10BrN5O2/c1-20-11-5-10(16-6-17-11)12-18-13(21-19-12)8-4-7(14)2-3-9(8)15/h2-6H,15H2,1H3. The van der Waals surface area contributed by atoms with Gasteiger partial charge in [0.2, 0.25) is 11.7 Å². The summed E-state index contributed by atoms with van der Waals surface area (Å²) in [4.78, 5) is 12.3.